The third-order valence-electron chi connectivity index (χ3n) is 2.38. The number of benzene rings is 1. The first kappa shape index (κ1) is 11.3. The van der Waals surface area contributed by atoms with Gasteiger partial charge >= 0.3 is 0 Å². The van der Waals surface area contributed by atoms with Crippen LogP contribution < -0.4 is 4.74 Å². The number of hydrogen-bond acceptors (Lipinski definition) is 2. The largest absolute Gasteiger partial charge is 0.519 e. The Hall–Kier alpha value is -1.22. The van der Waals surface area contributed by atoms with Crippen molar-refractivity contribution < 1.29 is 9.16 Å². The van der Waals surface area contributed by atoms with Crippen molar-refractivity contribution in [2.24, 2.45) is 0 Å². The van der Waals surface area contributed by atoms with Gasteiger partial charge in [-0.1, -0.05) is 18.2 Å². The quantitative estimate of drug-likeness (QED) is 0.726. The summed E-state index contributed by atoms with van der Waals surface area (Å²) in [6.45, 7) is 8.57. The molecule has 2 nitrogen and oxygen atoms in total. The van der Waals surface area contributed by atoms with Gasteiger partial charge in [0.2, 0.25) is 8.32 Å². The highest BCUT2D eigenvalue weighted by Gasteiger charge is 2.24. The van der Waals surface area contributed by atoms with Crippen molar-refractivity contribution in [3.05, 3.63) is 41.3 Å². The number of fused-ring (bicyclic) bond motifs is 1. The molecule has 0 aliphatic carbocycles. The molecule has 86 valence electrons. The lowest BCUT2D eigenvalue weighted by Gasteiger charge is -2.27. The van der Waals surface area contributed by atoms with Gasteiger partial charge in [0.05, 0.1) is 0 Å². The maximum absolute atomic E-state index is 5.94. The first-order valence-electron chi connectivity index (χ1n) is 5.60. The fraction of sp³-hybridized carbons (Fsp3) is 0.385. The van der Waals surface area contributed by atoms with E-state index >= 15 is 0 Å². The van der Waals surface area contributed by atoms with Gasteiger partial charge in [0.15, 0.2) is 0 Å². The summed E-state index contributed by atoms with van der Waals surface area (Å²) in [6, 6.07) is 8.13. The van der Waals surface area contributed by atoms with Gasteiger partial charge in [0.25, 0.3) is 5.95 Å². The van der Waals surface area contributed by atoms with Gasteiger partial charge in [-0.3, -0.25) is 0 Å². The van der Waals surface area contributed by atoms with E-state index in [1.165, 1.54) is 11.1 Å². The van der Waals surface area contributed by atoms with Crippen LogP contribution in [0.2, 0.25) is 19.6 Å². The zero-order valence-electron chi connectivity index (χ0n) is 10.3. The second kappa shape index (κ2) is 3.98. The van der Waals surface area contributed by atoms with Crippen LogP contribution in [0.1, 0.15) is 12.5 Å². The Morgan fingerprint density at radius 2 is 1.88 bits per heavy atom. The van der Waals surface area contributed by atoms with E-state index in [0.717, 1.165) is 18.1 Å². The van der Waals surface area contributed by atoms with Crippen LogP contribution in [0.15, 0.2) is 35.8 Å². The molecular weight excluding hydrogens is 216 g/mol. The molecule has 0 atom stereocenters. The molecule has 0 saturated heterocycles. The Kier molecular flexibility index (Phi) is 2.80. The predicted octanol–water partition coefficient (Wildman–Crippen LogP) is 3.70. The minimum atomic E-state index is -1.59. The SMILES string of the molecule is CC1=C(O[Si](C)(C)C)Oc2ccccc2C1. The van der Waals surface area contributed by atoms with Crippen molar-refractivity contribution in [3.8, 4) is 5.75 Å². The zero-order valence-corrected chi connectivity index (χ0v) is 11.3. The van der Waals surface area contributed by atoms with Crippen molar-refractivity contribution >= 4 is 8.32 Å². The van der Waals surface area contributed by atoms with Gasteiger partial charge in [-0.2, -0.15) is 0 Å². The van der Waals surface area contributed by atoms with Gasteiger partial charge < -0.3 is 9.16 Å². The van der Waals surface area contributed by atoms with E-state index < -0.39 is 8.32 Å². The highest BCUT2D eigenvalue weighted by Crippen LogP contribution is 2.31. The average Bonchev–Trinajstić information content (AvgIpc) is 2.17. The van der Waals surface area contributed by atoms with Crippen molar-refractivity contribution in [2.75, 3.05) is 0 Å². The van der Waals surface area contributed by atoms with Crippen molar-refractivity contribution in [1.82, 2.24) is 0 Å². The Balaban J connectivity index is 2.24. The molecule has 1 aliphatic rings. The molecule has 0 N–H and O–H groups in total. The van der Waals surface area contributed by atoms with Gasteiger partial charge in [-0.25, -0.2) is 0 Å². The van der Waals surface area contributed by atoms with Crippen LogP contribution in [0.4, 0.5) is 0 Å². The highest BCUT2D eigenvalue weighted by atomic mass is 28.4. The standard InChI is InChI=1S/C13H18O2Si/c1-10-9-11-7-5-6-8-12(11)14-13(10)15-16(2,3)4/h5-8H,9H2,1-4H3. The monoisotopic (exact) mass is 234 g/mol. The van der Waals surface area contributed by atoms with Crippen molar-refractivity contribution in [3.63, 3.8) is 0 Å². The summed E-state index contributed by atoms with van der Waals surface area (Å²) in [5.41, 5.74) is 2.42. The summed E-state index contributed by atoms with van der Waals surface area (Å²) in [5.74, 6) is 1.65. The van der Waals surface area contributed by atoms with E-state index in [2.05, 4.69) is 32.6 Å². The molecule has 0 saturated carbocycles. The van der Waals surface area contributed by atoms with Crippen molar-refractivity contribution in [2.45, 2.75) is 33.0 Å². The van der Waals surface area contributed by atoms with Crippen LogP contribution in [0.25, 0.3) is 0 Å². The minimum absolute atomic E-state index is 0.720. The zero-order chi connectivity index (χ0) is 11.8. The highest BCUT2D eigenvalue weighted by molar-refractivity contribution is 6.70. The number of para-hydroxylation sites is 1. The topological polar surface area (TPSA) is 18.5 Å². The first-order valence-corrected chi connectivity index (χ1v) is 9.01. The summed E-state index contributed by atoms with van der Waals surface area (Å²) >= 11 is 0. The molecule has 1 aromatic carbocycles. The summed E-state index contributed by atoms with van der Waals surface area (Å²) in [6.07, 6.45) is 0.927. The third-order valence-corrected chi connectivity index (χ3v) is 3.18. The van der Waals surface area contributed by atoms with Gasteiger partial charge in [0.1, 0.15) is 5.75 Å². The maximum atomic E-state index is 5.94. The Labute approximate surface area is 98.0 Å². The van der Waals surface area contributed by atoms with Crippen LogP contribution in [0.3, 0.4) is 0 Å². The molecule has 0 unspecified atom stereocenters. The van der Waals surface area contributed by atoms with Crippen LogP contribution in [0, 0.1) is 0 Å². The Morgan fingerprint density at radius 1 is 1.19 bits per heavy atom. The normalized spacial score (nSPS) is 15.5. The third kappa shape index (κ3) is 2.47. The van der Waals surface area contributed by atoms with Crippen LogP contribution in [-0.4, -0.2) is 8.32 Å². The molecule has 16 heavy (non-hydrogen) atoms. The lowest BCUT2D eigenvalue weighted by atomic mass is 10.0. The fourth-order valence-electron chi connectivity index (χ4n) is 1.68. The molecule has 1 heterocycles. The van der Waals surface area contributed by atoms with Crippen LogP contribution >= 0.6 is 0 Å². The minimum Gasteiger partial charge on any atom is -0.519 e. The van der Waals surface area contributed by atoms with E-state index in [1.54, 1.807) is 0 Å². The van der Waals surface area contributed by atoms with E-state index in [4.69, 9.17) is 9.16 Å². The first-order chi connectivity index (χ1) is 7.46. The molecule has 0 fully saturated rings. The number of ether oxygens (including phenoxy) is 1. The second-order valence-electron chi connectivity index (χ2n) is 5.17. The maximum Gasteiger partial charge on any atom is 0.270 e. The van der Waals surface area contributed by atoms with E-state index in [0.29, 0.717) is 0 Å². The summed E-state index contributed by atoms with van der Waals surface area (Å²) in [5, 5.41) is 0. The summed E-state index contributed by atoms with van der Waals surface area (Å²) in [7, 11) is -1.59. The average molecular weight is 234 g/mol. The molecule has 0 radical (unpaired) electrons. The number of allylic oxidation sites excluding steroid dienone is 1. The smallest absolute Gasteiger partial charge is 0.270 e. The second-order valence-corrected chi connectivity index (χ2v) is 9.60. The van der Waals surface area contributed by atoms with E-state index in [1.807, 2.05) is 18.2 Å². The lowest BCUT2D eigenvalue weighted by Crippen LogP contribution is -2.28. The Bertz CT molecular complexity index is 430. The molecule has 1 aliphatic heterocycles. The van der Waals surface area contributed by atoms with Crippen LogP contribution in [0.5, 0.6) is 5.75 Å². The van der Waals surface area contributed by atoms with Gasteiger partial charge in [-0.05, 0) is 38.2 Å². The molecule has 3 heteroatoms. The van der Waals surface area contributed by atoms with Gasteiger partial charge in [-0.15, -0.1) is 0 Å². The van der Waals surface area contributed by atoms with E-state index in [-0.39, 0.29) is 0 Å². The molecule has 0 spiro atoms. The summed E-state index contributed by atoms with van der Waals surface area (Å²) < 4.78 is 11.8. The summed E-state index contributed by atoms with van der Waals surface area (Å²) in [4.78, 5) is 0. The number of rotatable bonds is 2. The lowest BCUT2D eigenvalue weighted by molar-refractivity contribution is 0.207. The van der Waals surface area contributed by atoms with Crippen molar-refractivity contribution in [1.29, 1.82) is 0 Å². The number of hydrogen-bond donors (Lipinski definition) is 0. The molecule has 0 bridgehead atoms. The molecule has 0 aromatic heterocycles. The Morgan fingerprint density at radius 3 is 2.56 bits per heavy atom. The molecule has 1 aromatic rings. The van der Waals surface area contributed by atoms with Crippen LogP contribution in [-0.2, 0) is 10.8 Å². The fourth-order valence-corrected chi connectivity index (χ4v) is 2.45. The van der Waals surface area contributed by atoms with Gasteiger partial charge in [0, 0.05) is 12.0 Å². The molecular formula is C13H18O2Si. The molecule has 2 rings (SSSR count). The van der Waals surface area contributed by atoms with E-state index in [9.17, 15) is 0 Å². The molecule has 0 amide bonds. The predicted molar refractivity (Wildman–Crippen MR) is 67.9 cm³/mol.